The van der Waals surface area contributed by atoms with Gasteiger partial charge in [0.15, 0.2) is 0 Å². The van der Waals surface area contributed by atoms with Crippen molar-refractivity contribution in [3.05, 3.63) is 0 Å². The monoisotopic (exact) mass is 297 g/mol. The first kappa shape index (κ1) is 18.4. The van der Waals surface area contributed by atoms with E-state index in [4.69, 9.17) is 5.73 Å². The van der Waals surface area contributed by atoms with Gasteiger partial charge in [-0.2, -0.15) is 0 Å². The molecule has 3 N–H and O–H groups in total. The summed E-state index contributed by atoms with van der Waals surface area (Å²) in [6, 6.07) is 0.701. The fourth-order valence-corrected chi connectivity index (χ4v) is 3.17. The van der Waals surface area contributed by atoms with Crippen LogP contribution in [0.5, 0.6) is 0 Å². The second kappa shape index (κ2) is 7.10. The number of nitrogens with zero attached hydrogens (tertiary/aromatic N) is 1. The molecule has 0 aliphatic heterocycles. The summed E-state index contributed by atoms with van der Waals surface area (Å²) in [5.41, 5.74) is 6.22. The Hall–Kier alpha value is -0.610. The molecule has 1 aliphatic carbocycles. The smallest absolute Gasteiger partial charge is 0.222 e. The zero-order valence-electron chi connectivity index (χ0n) is 14.8. The molecule has 0 aromatic carbocycles. The topological polar surface area (TPSA) is 58.4 Å². The molecule has 4 nitrogen and oxygen atoms in total. The minimum Gasteiger partial charge on any atom is -0.351 e. The minimum atomic E-state index is -0.177. The van der Waals surface area contributed by atoms with Crippen LogP contribution in [-0.4, -0.2) is 42.0 Å². The van der Waals surface area contributed by atoms with Gasteiger partial charge < -0.3 is 11.1 Å². The lowest BCUT2D eigenvalue weighted by Crippen LogP contribution is -2.50. The lowest BCUT2D eigenvalue weighted by Gasteiger charge is -2.41. The normalized spacial score (nSPS) is 21.3. The third-order valence-electron chi connectivity index (χ3n) is 4.67. The molecule has 124 valence electrons. The Labute approximate surface area is 130 Å². The van der Waals surface area contributed by atoms with E-state index in [1.165, 1.54) is 25.7 Å². The fourth-order valence-electron chi connectivity index (χ4n) is 3.17. The maximum Gasteiger partial charge on any atom is 0.222 e. The first-order chi connectivity index (χ1) is 9.54. The largest absolute Gasteiger partial charge is 0.351 e. The van der Waals surface area contributed by atoms with Crippen molar-refractivity contribution in [3.8, 4) is 0 Å². The maximum absolute atomic E-state index is 12.1. The van der Waals surface area contributed by atoms with Gasteiger partial charge in [0.2, 0.25) is 5.91 Å². The Morgan fingerprint density at radius 3 is 2.29 bits per heavy atom. The van der Waals surface area contributed by atoms with Crippen molar-refractivity contribution in [1.82, 2.24) is 10.2 Å². The average molecular weight is 297 g/mol. The highest BCUT2D eigenvalue weighted by atomic mass is 16.1. The number of amides is 1. The molecule has 0 spiro atoms. The van der Waals surface area contributed by atoms with Crippen LogP contribution in [0.4, 0.5) is 0 Å². The molecule has 1 atom stereocenters. The molecule has 0 radical (unpaired) electrons. The van der Waals surface area contributed by atoms with E-state index < -0.39 is 0 Å². The number of carbonyl (C=O) groups is 1. The zero-order valence-corrected chi connectivity index (χ0v) is 14.8. The number of hydrogen-bond donors (Lipinski definition) is 2. The average Bonchev–Trinajstić information content (AvgIpc) is 2.33. The first-order valence-electron chi connectivity index (χ1n) is 8.27. The van der Waals surface area contributed by atoms with Gasteiger partial charge >= 0.3 is 0 Å². The van der Waals surface area contributed by atoms with Crippen LogP contribution in [0.1, 0.15) is 66.7 Å². The van der Waals surface area contributed by atoms with Gasteiger partial charge in [0.05, 0.1) is 0 Å². The lowest BCUT2D eigenvalue weighted by molar-refractivity contribution is -0.123. The number of likely N-dealkylation sites (N-methyl/N-ethyl adjacent to an activating group) is 1. The van der Waals surface area contributed by atoms with Crippen LogP contribution in [0, 0.1) is 5.41 Å². The molecule has 1 fully saturated rings. The Bertz CT molecular complexity index is 336. The molecule has 0 heterocycles. The molecular weight excluding hydrogens is 262 g/mol. The van der Waals surface area contributed by atoms with Crippen molar-refractivity contribution in [1.29, 1.82) is 0 Å². The summed E-state index contributed by atoms with van der Waals surface area (Å²) in [5, 5.41) is 3.03. The maximum atomic E-state index is 12.1. The van der Waals surface area contributed by atoms with E-state index in [0.717, 1.165) is 0 Å². The lowest BCUT2D eigenvalue weighted by atomic mass is 9.75. The summed E-state index contributed by atoms with van der Waals surface area (Å²) in [6.07, 6.45) is 5.42. The van der Waals surface area contributed by atoms with Crippen LogP contribution < -0.4 is 11.1 Å². The molecule has 0 saturated heterocycles. The molecule has 1 amide bonds. The van der Waals surface area contributed by atoms with E-state index >= 15 is 0 Å². The third-order valence-corrected chi connectivity index (χ3v) is 4.67. The van der Waals surface area contributed by atoms with Crippen molar-refractivity contribution >= 4 is 5.91 Å². The van der Waals surface area contributed by atoms with Crippen LogP contribution in [-0.2, 0) is 4.79 Å². The molecule has 1 saturated carbocycles. The van der Waals surface area contributed by atoms with Gasteiger partial charge in [-0.25, -0.2) is 0 Å². The van der Waals surface area contributed by atoms with E-state index in [1.54, 1.807) is 0 Å². The minimum absolute atomic E-state index is 0.0981. The van der Waals surface area contributed by atoms with Crippen LogP contribution in [0.3, 0.4) is 0 Å². The van der Waals surface area contributed by atoms with Crippen molar-refractivity contribution in [2.24, 2.45) is 11.1 Å². The van der Waals surface area contributed by atoms with Gasteiger partial charge in [0.1, 0.15) is 0 Å². The molecule has 0 bridgehead atoms. The number of nitrogens with two attached hydrogens (primary N) is 1. The van der Waals surface area contributed by atoms with Gasteiger partial charge in [-0.3, -0.25) is 9.69 Å². The summed E-state index contributed by atoms with van der Waals surface area (Å²) < 4.78 is 0. The highest BCUT2D eigenvalue weighted by Crippen LogP contribution is 2.37. The Morgan fingerprint density at radius 2 is 1.86 bits per heavy atom. The number of hydrogen-bond acceptors (Lipinski definition) is 3. The highest BCUT2D eigenvalue weighted by Gasteiger charge is 2.31. The van der Waals surface area contributed by atoms with Gasteiger partial charge in [0.25, 0.3) is 0 Å². The van der Waals surface area contributed by atoms with Crippen molar-refractivity contribution in [2.75, 3.05) is 13.6 Å². The standard InChI is InChI=1S/C17H35N3O/c1-16(2,3)19-15(21)11-14(12-18)20(6)13-7-9-17(4,5)10-8-13/h13-14H,7-12,18H2,1-6H3,(H,19,21). The van der Waals surface area contributed by atoms with E-state index in [-0.39, 0.29) is 17.5 Å². The van der Waals surface area contributed by atoms with Crippen LogP contribution in [0.25, 0.3) is 0 Å². The van der Waals surface area contributed by atoms with Crippen LogP contribution >= 0.6 is 0 Å². The third kappa shape index (κ3) is 6.35. The molecule has 0 aromatic heterocycles. The molecule has 0 aromatic rings. The van der Waals surface area contributed by atoms with E-state index in [9.17, 15) is 4.79 Å². The van der Waals surface area contributed by atoms with E-state index in [2.05, 4.69) is 31.1 Å². The Morgan fingerprint density at radius 1 is 1.33 bits per heavy atom. The van der Waals surface area contributed by atoms with Crippen molar-refractivity contribution in [2.45, 2.75) is 84.3 Å². The first-order valence-corrected chi connectivity index (χ1v) is 8.27. The molecule has 1 aliphatic rings. The second-order valence-corrected chi connectivity index (χ2v) is 8.45. The van der Waals surface area contributed by atoms with Gasteiger partial charge in [-0.1, -0.05) is 13.8 Å². The quantitative estimate of drug-likeness (QED) is 0.820. The predicted molar refractivity (Wildman–Crippen MR) is 89.2 cm³/mol. The van der Waals surface area contributed by atoms with E-state index in [1.807, 2.05) is 20.8 Å². The summed E-state index contributed by atoms with van der Waals surface area (Å²) in [6.45, 7) is 11.3. The highest BCUT2D eigenvalue weighted by molar-refractivity contribution is 5.77. The van der Waals surface area contributed by atoms with Crippen molar-refractivity contribution in [3.63, 3.8) is 0 Å². The molecule has 1 unspecified atom stereocenters. The zero-order chi connectivity index (χ0) is 16.3. The summed E-state index contributed by atoms with van der Waals surface area (Å²) in [7, 11) is 2.13. The fraction of sp³-hybridized carbons (Fsp3) is 0.941. The second-order valence-electron chi connectivity index (χ2n) is 8.45. The van der Waals surface area contributed by atoms with Crippen molar-refractivity contribution < 1.29 is 4.79 Å². The Balaban J connectivity index is 2.53. The summed E-state index contributed by atoms with van der Waals surface area (Å²) in [5.74, 6) is 0.0981. The van der Waals surface area contributed by atoms with Crippen LogP contribution in [0.2, 0.25) is 0 Å². The Kier molecular flexibility index (Phi) is 6.23. The number of nitrogens with one attached hydrogen (secondary N) is 1. The SMILES string of the molecule is CN(C1CCC(C)(C)CC1)C(CN)CC(=O)NC(C)(C)C. The van der Waals surface area contributed by atoms with Crippen LogP contribution in [0.15, 0.2) is 0 Å². The molecule has 21 heavy (non-hydrogen) atoms. The molecular formula is C17H35N3O. The number of carbonyl (C=O) groups excluding carboxylic acids is 1. The van der Waals surface area contributed by atoms with Gasteiger partial charge in [-0.15, -0.1) is 0 Å². The predicted octanol–water partition coefficient (Wildman–Crippen LogP) is 2.52. The summed E-state index contributed by atoms with van der Waals surface area (Å²) >= 11 is 0. The summed E-state index contributed by atoms with van der Waals surface area (Å²) in [4.78, 5) is 14.5. The molecule has 4 heteroatoms. The van der Waals surface area contributed by atoms with Gasteiger partial charge in [-0.05, 0) is 58.9 Å². The molecule has 1 rings (SSSR count). The van der Waals surface area contributed by atoms with Gasteiger partial charge in [0, 0.05) is 30.6 Å². The van der Waals surface area contributed by atoms with E-state index in [0.29, 0.717) is 24.4 Å². The number of rotatable bonds is 5.